The van der Waals surface area contributed by atoms with E-state index >= 15 is 0 Å². The lowest BCUT2D eigenvalue weighted by Crippen LogP contribution is -2.42. The lowest BCUT2D eigenvalue weighted by Gasteiger charge is -2.34. The number of amides is 1. The van der Waals surface area contributed by atoms with Crippen LogP contribution in [0, 0.1) is 11.8 Å². The number of para-hydroxylation sites is 1. The van der Waals surface area contributed by atoms with Gasteiger partial charge in [0.1, 0.15) is 0 Å². The van der Waals surface area contributed by atoms with Crippen molar-refractivity contribution in [2.45, 2.75) is 20.3 Å². The summed E-state index contributed by atoms with van der Waals surface area (Å²) in [6, 6.07) is 7.98. The van der Waals surface area contributed by atoms with Crippen molar-refractivity contribution in [3.05, 3.63) is 36.0 Å². The molecule has 3 nitrogen and oxygen atoms in total. The summed E-state index contributed by atoms with van der Waals surface area (Å²) in [6.45, 7) is 6.21. The Morgan fingerprint density at radius 2 is 1.89 bits per heavy atom. The Morgan fingerprint density at radius 3 is 2.63 bits per heavy atom. The molecule has 1 N–H and O–H groups in total. The molecule has 2 aromatic rings. The molecule has 1 amide bonds. The summed E-state index contributed by atoms with van der Waals surface area (Å²) >= 11 is 0. The Balaban J connectivity index is 1.91. The number of H-pyrrole nitrogens is 1. The highest BCUT2D eigenvalue weighted by Gasteiger charge is 2.27. The van der Waals surface area contributed by atoms with E-state index in [0.717, 1.165) is 29.6 Å². The Hall–Kier alpha value is -1.77. The minimum absolute atomic E-state index is 0.163. The predicted octanol–water partition coefficient (Wildman–Crippen LogP) is 3.29. The van der Waals surface area contributed by atoms with Crippen molar-refractivity contribution in [1.82, 2.24) is 9.88 Å². The van der Waals surface area contributed by atoms with E-state index in [1.54, 1.807) is 0 Å². The van der Waals surface area contributed by atoms with Crippen LogP contribution in [0.15, 0.2) is 30.5 Å². The van der Waals surface area contributed by atoms with Gasteiger partial charge in [0.25, 0.3) is 5.91 Å². The van der Waals surface area contributed by atoms with Crippen LogP contribution in [0.4, 0.5) is 0 Å². The second kappa shape index (κ2) is 4.72. The molecule has 19 heavy (non-hydrogen) atoms. The van der Waals surface area contributed by atoms with Crippen LogP contribution in [0.2, 0.25) is 0 Å². The zero-order chi connectivity index (χ0) is 13.4. The maximum Gasteiger partial charge on any atom is 0.256 e. The van der Waals surface area contributed by atoms with Gasteiger partial charge in [-0.25, -0.2) is 0 Å². The quantitative estimate of drug-likeness (QED) is 0.835. The van der Waals surface area contributed by atoms with Crippen LogP contribution in [0.1, 0.15) is 30.6 Å². The molecule has 2 atom stereocenters. The highest BCUT2D eigenvalue weighted by Crippen LogP contribution is 2.25. The first kappa shape index (κ1) is 12.3. The number of carbonyl (C=O) groups is 1. The van der Waals surface area contributed by atoms with E-state index in [-0.39, 0.29) is 5.91 Å². The van der Waals surface area contributed by atoms with Gasteiger partial charge in [-0.3, -0.25) is 4.79 Å². The fourth-order valence-electron chi connectivity index (χ4n) is 3.25. The summed E-state index contributed by atoms with van der Waals surface area (Å²) in [7, 11) is 0. The number of aromatic amines is 1. The number of fused-ring (bicyclic) bond motifs is 1. The zero-order valence-electron chi connectivity index (χ0n) is 11.5. The molecule has 0 spiro atoms. The van der Waals surface area contributed by atoms with Gasteiger partial charge in [-0.1, -0.05) is 32.0 Å². The van der Waals surface area contributed by atoms with Gasteiger partial charge in [-0.15, -0.1) is 0 Å². The predicted molar refractivity (Wildman–Crippen MR) is 77.1 cm³/mol. The van der Waals surface area contributed by atoms with Crippen molar-refractivity contribution < 1.29 is 4.79 Å². The van der Waals surface area contributed by atoms with Gasteiger partial charge >= 0.3 is 0 Å². The van der Waals surface area contributed by atoms with Crippen molar-refractivity contribution >= 4 is 16.8 Å². The normalized spacial score (nSPS) is 23.8. The molecule has 0 bridgehead atoms. The molecule has 1 aromatic heterocycles. The van der Waals surface area contributed by atoms with Crippen LogP contribution in [-0.4, -0.2) is 28.9 Å². The number of aromatic nitrogens is 1. The van der Waals surface area contributed by atoms with Crippen molar-refractivity contribution in [3.8, 4) is 0 Å². The van der Waals surface area contributed by atoms with Gasteiger partial charge in [0.2, 0.25) is 0 Å². The van der Waals surface area contributed by atoms with Gasteiger partial charge in [0, 0.05) is 30.2 Å². The third kappa shape index (κ3) is 2.25. The molecular formula is C16H20N2O. The minimum Gasteiger partial charge on any atom is -0.360 e. The maximum absolute atomic E-state index is 12.7. The first-order valence-electron chi connectivity index (χ1n) is 7.00. The molecule has 0 aliphatic carbocycles. The molecule has 100 valence electrons. The molecule has 0 radical (unpaired) electrons. The number of hydrogen-bond donors (Lipinski definition) is 1. The second-order valence-electron chi connectivity index (χ2n) is 5.90. The first-order valence-corrected chi connectivity index (χ1v) is 7.00. The van der Waals surface area contributed by atoms with Crippen LogP contribution < -0.4 is 0 Å². The molecule has 1 saturated heterocycles. The second-order valence-corrected chi connectivity index (χ2v) is 5.90. The van der Waals surface area contributed by atoms with Crippen LogP contribution in [0.5, 0.6) is 0 Å². The maximum atomic E-state index is 12.7. The van der Waals surface area contributed by atoms with Crippen LogP contribution in [0.25, 0.3) is 10.9 Å². The molecule has 0 saturated carbocycles. The molecule has 1 fully saturated rings. The Labute approximate surface area is 113 Å². The van der Waals surface area contributed by atoms with Gasteiger partial charge < -0.3 is 9.88 Å². The average Bonchev–Trinajstić information content (AvgIpc) is 2.80. The van der Waals surface area contributed by atoms with Gasteiger partial charge in [0.05, 0.1) is 5.56 Å². The lowest BCUT2D eigenvalue weighted by molar-refractivity contribution is 0.0625. The molecule has 3 heteroatoms. The molecular weight excluding hydrogens is 236 g/mol. The number of nitrogens with one attached hydrogen (secondary N) is 1. The lowest BCUT2D eigenvalue weighted by atomic mass is 9.91. The fraction of sp³-hybridized carbons (Fsp3) is 0.438. The number of benzene rings is 1. The van der Waals surface area contributed by atoms with Gasteiger partial charge in [-0.2, -0.15) is 0 Å². The van der Waals surface area contributed by atoms with Crippen LogP contribution in [0.3, 0.4) is 0 Å². The van der Waals surface area contributed by atoms with E-state index in [1.807, 2.05) is 35.4 Å². The van der Waals surface area contributed by atoms with Crippen molar-refractivity contribution in [1.29, 1.82) is 0 Å². The first-order chi connectivity index (χ1) is 9.15. The van der Waals surface area contributed by atoms with E-state index < -0.39 is 0 Å². The van der Waals surface area contributed by atoms with E-state index in [2.05, 4.69) is 18.8 Å². The van der Waals surface area contributed by atoms with Gasteiger partial charge in [-0.05, 0) is 24.3 Å². The van der Waals surface area contributed by atoms with E-state index in [9.17, 15) is 4.79 Å². The third-order valence-corrected chi connectivity index (χ3v) is 3.98. The average molecular weight is 256 g/mol. The SMILES string of the molecule is CC1CC(C)CN(C(=O)c2c[nH]c3ccccc23)C1. The highest BCUT2D eigenvalue weighted by atomic mass is 16.2. The highest BCUT2D eigenvalue weighted by molar-refractivity contribution is 6.06. The Kier molecular flexibility index (Phi) is 3.05. The smallest absolute Gasteiger partial charge is 0.256 e. The Morgan fingerprint density at radius 1 is 1.21 bits per heavy atom. The summed E-state index contributed by atoms with van der Waals surface area (Å²) < 4.78 is 0. The van der Waals surface area contributed by atoms with Crippen molar-refractivity contribution in [3.63, 3.8) is 0 Å². The minimum atomic E-state index is 0.163. The summed E-state index contributed by atoms with van der Waals surface area (Å²) in [5, 5.41) is 1.03. The molecule has 1 aromatic carbocycles. The summed E-state index contributed by atoms with van der Waals surface area (Å²) in [6.07, 6.45) is 3.06. The van der Waals surface area contributed by atoms with Crippen LogP contribution in [-0.2, 0) is 0 Å². The number of rotatable bonds is 1. The summed E-state index contributed by atoms with van der Waals surface area (Å²) in [4.78, 5) is 17.9. The number of likely N-dealkylation sites (tertiary alicyclic amines) is 1. The molecule has 1 aliphatic rings. The number of piperidine rings is 1. The number of hydrogen-bond acceptors (Lipinski definition) is 1. The number of nitrogens with zero attached hydrogens (tertiary/aromatic N) is 1. The zero-order valence-corrected chi connectivity index (χ0v) is 11.5. The van der Waals surface area contributed by atoms with Gasteiger partial charge in [0.15, 0.2) is 0 Å². The monoisotopic (exact) mass is 256 g/mol. The van der Waals surface area contributed by atoms with E-state index in [0.29, 0.717) is 11.8 Å². The molecule has 1 aliphatic heterocycles. The van der Waals surface area contributed by atoms with E-state index in [4.69, 9.17) is 0 Å². The topological polar surface area (TPSA) is 36.1 Å². The summed E-state index contributed by atoms with van der Waals surface area (Å²) in [5.41, 5.74) is 1.83. The molecule has 2 heterocycles. The van der Waals surface area contributed by atoms with Crippen molar-refractivity contribution in [2.75, 3.05) is 13.1 Å². The fourth-order valence-corrected chi connectivity index (χ4v) is 3.25. The van der Waals surface area contributed by atoms with Crippen LogP contribution >= 0.6 is 0 Å². The number of carbonyl (C=O) groups excluding carboxylic acids is 1. The standard InChI is InChI=1S/C16H20N2O/c1-11-7-12(2)10-18(9-11)16(19)14-8-17-15-6-4-3-5-13(14)15/h3-6,8,11-12,17H,7,9-10H2,1-2H3. The third-order valence-electron chi connectivity index (χ3n) is 3.98. The largest absolute Gasteiger partial charge is 0.360 e. The molecule has 2 unspecified atom stereocenters. The Bertz CT molecular complexity index is 592. The van der Waals surface area contributed by atoms with E-state index in [1.165, 1.54) is 6.42 Å². The summed E-state index contributed by atoms with van der Waals surface area (Å²) in [5.74, 6) is 1.35. The van der Waals surface area contributed by atoms with Crippen molar-refractivity contribution in [2.24, 2.45) is 11.8 Å². The molecule has 3 rings (SSSR count).